The van der Waals surface area contributed by atoms with E-state index in [0.717, 1.165) is 11.6 Å². The molecular weight excluding hydrogens is 240 g/mol. The van der Waals surface area contributed by atoms with Crippen molar-refractivity contribution in [1.82, 2.24) is 9.78 Å². The molecular formula is C14H16N4O. The van der Waals surface area contributed by atoms with Gasteiger partial charge in [0, 0.05) is 6.07 Å². The molecule has 19 heavy (non-hydrogen) atoms. The Balaban J connectivity index is 1.95. The Hall–Kier alpha value is -2.30. The van der Waals surface area contributed by atoms with Crippen LogP contribution < -0.4 is 10.1 Å². The fraction of sp³-hybridized carbons (Fsp3) is 0.286. The van der Waals surface area contributed by atoms with Gasteiger partial charge in [-0.2, -0.15) is 9.78 Å². The minimum Gasteiger partial charge on any atom is -0.424 e. The van der Waals surface area contributed by atoms with Crippen LogP contribution in [0.25, 0.3) is 0 Å². The molecule has 0 radical (unpaired) electrons. The number of hydrogen-bond donors (Lipinski definition) is 1. The molecule has 5 heteroatoms. The lowest BCUT2D eigenvalue weighted by Crippen LogP contribution is -2.39. The maximum absolute atomic E-state index is 5.84. The number of anilines is 1. The fourth-order valence-electron chi connectivity index (χ4n) is 1.96. The Morgan fingerprint density at radius 2 is 1.89 bits per heavy atom. The Kier molecular flexibility index (Phi) is 2.55. The number of aromatic nitrogens is 2. The summed E-state index contributed by atoms with van der Waals surface area (Å²) < 4.78 is 7.50. The first-order valence-electron chi connectivity index (χ1n) is 6.20. The zero-order chi connectivity index (χ0) is 13.5. The minimum absolute atomic E-state index is 0.407. The van der Waals surface area contributed by atoms with Gasteiger partial charge in [0.1, 0.15) is 17.2 Å². The van der Waals surface area contributed by atoms with Crippen LogP contribution in [-0.2, 0) is 0 Å². The molecule has 1 aliphatic heterocycles. The van der Waals surface area contributed by atoms with Crippen molar-refractivity contribution in [1.29, 1.82) is 0 Å². The molecule has 98 valence electrons. The number of nitrogens with one attached hydrogen (secondary N) is 1. The van der Waals surface area contributed by atoms with Gasteiger partial charge in [-0.25, -0.2) is 4.99 Å². The molecule has 5 nitrogen and oxygen atoms in total. The molecule has 0 unspecified atom stereocenters. The van der Waals surface area contributed by atoms with Gasteiger partial charge in [0.2, 0.25) is 0 Å². The monoisotopic (exact) mass is 256 g/mol. The zero-order valence-electron chi connectivity index (χ0n) is 11.2. The average Bonchev–Trinajstić information content (AvgIpc) is 2.78. The van der Waals surface area contributed by atoms with E-state index < -0.39 is 5.66 Å². The quantitative estimate of drug-likeness (QED) is 0.853. The molecule has 2 heterocycles. The third-order valence-corrected chi connectivity index (χ3v) is 2.86. The first kappa shape index (κ1) is 11.8. The van der Waals surface area contributed by atoms with Gasteiger partial charge in [-0.1, -0.05) is 17.7 Å². The predicted molar refractivity (Wildman–Crippen MR) is 74.6 cm³/mol. The summed E-state index contributed by atoms with van der Waals surface area (Å²) in [6.07, 6.45) is 1.72. The van der Waals surface area contributed by atoms with Gasteiger partial charge in [-0.05, 0) is 32.9 Å². The molecule has 0 atom stereocenters. The van der Waals surface area contributed by atoms with Gasteiger partial charge in [0.15, 0.2) is 0 Å². The van der Waals surface area contributed by atoms with E-state index in [9.17, 15) is 0 Å². The first-order valence-corrected chi connectivity index (χ1v) is 6.20. The molecule has 3 rings (SSSR count). The summed E-state index contributed by atoms with van der Waals surface area (Å²) >= 11 is 0. The van der Waals surface area contributed by atoms with E-state index >= 15 is 0 Å². The Morgan fingerprint density at radius 3 is 2.63 bits per heavy atom. The molecule has 0 bridgehead atoms. The molecule has 1 aliphatic rings. The number of fused-ring (bicyclic) bond motifs is 1. The van der Waals surface area contributed by atoms with Gasteiger partial charge < -0.3 is 10.1 Å². The normalized spacial score (nSPS) is 16.3. The third-order valence-electron chi connectivity index (χ3n) is 2.86. The van der Waals surface area contributed by atoms with Crippen molar-refractivity contribution in [2.24, 2.45) is 4.99 Å². The Morgan fingerprint density at radius 1 is 1.16 bits per heavy atom. The van der Waals surface area contributed by atoms with Crippen LogP contribution in [0.5, 0.6) is 5.75 Å². The number of ether oxygens (including phenoxy) is 1. The van der Waals surface area contributed by atoms with E-state index in [2.05, 4.69) is 15.4 Å². The minimum atomic E-state index is -0.407. The summed E-state index contributed by atoms with van der Waals surface area (Å²) in [4.78, 5) is 4.53. The number of hydrogen-bond acceptors (Lipinski definition) is 4. The number of rotatable bonds is 1. The van der Waals surface area contributed by atoms with Crippen molar-refractivity contribution in [3.63, 3.8) is 0 Å². The lowest BCUT2D eigenvalue weighted by molar-refractivity contribution is 0.467. The summed E-state index contributed by atoms with van der Waals surface area (Å²) in [7, 11) is 0. The van der Waals surface area contributed by atoms with Crippen molar-refractivity contribution in [3.8, 4) is 5.75 Å². The van der Waals surface area contributed by atoms with Gasteiger partial charge in [0.05, 0.1) is 6.20 Å². The number of aliphatic imine (C=N–C) groups is 1. The van der Waals surface area contributed by atoms with E-state index in [1.807, 2.05) is 51.1 Å². The second-order valence-corrected chi connectivity index (χ2v) is 5.12. The van der Waals surface area contributed by atoms with Crippen LogP contribution in [0, 0.1) is 6.92 Å². The Bertz CT molecular complexity index is 625. The molecule has 1 N–H and O–H groups in total. The highest BCUT2D eigenvalue weighted by molar-refractivity contribution is 5.83. The maximum Gasteiger partial charge on any atom is 0.322 e. The number of aryl methyl sites for hydroxylation is 1. The highest BCUT2D eigenvalue weighted by atomic mass is 16.5. The molecule has 0 saturated heterocycles. The highest BCUT2D eigenvalue weighted by Crippen LogP contribution is 2.23. The van der Waals surface area contributed by atoms with Crippen LogP contribution in [0.4, 0.5) is 5.82 Å². The molecule has 0 amide bonds. The number of benzene rings is 1. The van der Waals surface area contributed by atoms with E-state index in [4.69, 9.17) is 4.74 Å². The fourth-order valence-corrected chi connectivity index (χ4v) is 1.96. The van der Waals surface area contributed by atoms with Crippen LogP contribution >= 0.6 is 0 Å². The molecule has 1 aromatic heterocycles. The van der Waals surface area contributed by atoms with E-state index in [0.29, 0.717) is 6.02 Å². The van der Waals surface area contributed by atoms with E-state index in [-0.39, 0.29) is 0 Å². The predicted octanol–water partition coefficient (Wildman–Crippen LogP) is 2.64. The smallest absolute Gasteiger partial charge is 0.322 e. The summed E-state index contributed by atoms with van der Waals surface area (Å²) in [5.74, 6) is 1.63. The molecule has 2 aromatic rings. The summed E-state index contributed by atoms with van der Waals surface area (Å²) in [5.41, 5.74) is 0.787. The topological polar surface area (TPSA) is 51.4 Å². The SMILES string of the molecule is Cc1ccc(OC2=NC(C)(C)Nc3ccnn32)cc1. The summed E-state index contributed by atoms with van der Waals surface area (Å²) in [6, 6.07) is 10.2. The standard InChI is InChI=1S/C14H16N4O/c1-10-4-6-11(7-5-10)19-13-17-14(2,3)16-12-8-9-15-18(12)13/h4-9,16H,1-3H3. The number of nitrogens with zero attached hydrogens (tertiary/aromatic N) is 3. The largest absolute Gasteiger partial charge is 0.424 e. The van der Waals surface area contributed by atoms with Crippen LogP contribution in [0.15, 0.2) is 41.5 Å². The van der Waals surface area contributed by atoms with E-state index in [1.54, 1.807) is 10.9 Å². The Labute approximate surface area is 111 Å². The lowest BCUT2D eigenvalue weighted by Gasteiger charge is -2.28. The van der Waals surface area contributed by atoms with Crippen LogP contribution in [-0.4, -0.2) is 21.5 Å². The van der Waals surface area contributed by atoms with Crippen molar-refractivity contribution in [2.45, 2.75) is 26.4 Å². The maximum atomic E-state index is 5.84. The molecule has 0 saturated carbocycles. The summed E-state index contributed by atoms with van der Waals surface area (Å²) in [6.45, 7) is 6.02. The average molecular weight is 256 g/mol. The van der Waals surface area contributed by atoms with Gasteiger partial charge in [-0.3, -0.25) is 0 Å². The molecule has 1 aromatic carbocycles. The third kappa shape index (κ3) is 2.31. The first-order chi connectivity index (χ1) is 9.03. The molecule has 0 fully saturated rings. The second kappa shape index (κ2) is 4.12. The molecule has 0 aliphatic carbocycles. The highest BCUT2D eigenvalue weighted by Gasteiger charge is 2.27. The van der Waals surface area contributed by atoms with Crippen molar-refractivity contribution < 1.29 is 4.74 Å². The van der Waals surface area contributed by atoms with Crippen LogP contribution in [0.3, 0.4) is 0 Å². The van der Waals surface area contributed by atoms with E-state index in [1.165, 1.54) is 5.56 Å². The second-order valence-electron chi connectivity index (χ2n) is 5.12. The van der Waals surface area contributed by atoms with Crippen LogP contribution in [0.2, 0.25) is 0 Å². The molecule has 0 spiro atoms. The van der Waals surface area contributed by atoms with Gasteiger partial charge in [0.25, 0.3) is 0 Å². The van der Waals surface area contributed by atoms with Crippen LogP contribution in [0.1, 0.15) is 19.4 Å². The van der Waals surface area contributed by atoms with Gasteiger partial charge >= 0.3 is 6.02 Å². The van der Waals surface area contributed by atoms with Crippen molar-refractivity contribution in [3.05, 3.63) is 42.1 Å². The van der Waals surface area contributed by atoms with Crippen molar-refractivity contribution >= 4 is 11.8 Å². The van der Waals surface area contributed by atoms with Crippen molar-refractivity contribution in [2.75, 3.05) is 5.32 Å². The van der Waals surface area contributed by atoms with Gasteiger partial charge in [-0.15, -0.1) is 0 Å². The zero-order valence-corrected chi connectivity index (χ0v) is 11.2. The summed E-state index contributed by atoms with van der Waals surface area (Å²) in [5, 5.41) is 7.49. The lowest BCUT2D eigenvalue weighted by atomic mass is 10.2.